The molecule has 2 aliphatic heterocycles. The molecular formula is C15H22N4O. The molecule has 1 aromatic heterocycles. The molecule has 0 aromatic carbocycles. The van der Waals surface area contributed by atoms with Gasteiger partial charge in [0.05, 0.1) is 6.54 Å². The number of likely N-dealkylation sites (tertiary alicyclic amines) is 1. The maximum Gasteiger partial charge on any atom is 0.237 e. The number of nitrogens with zero attached hydrogens (tertiary/aromatic N) is 3. The van der Waals surface area contributed by atoms with Crippen LogP contribution in [0.4, 0.5) is 0 Å². The topological polar surface area (TPSA) is 48.5 Å². The highest BCUT2D eigenvalue weighted by atomic mass is 16.2. The van der Waals surface area contributed by atoms with Crippen LogP contribution in [-0.2, 0) is 11.3 Å². The van der Waals surface area contributed by atoms with Crippen LogP contribution < -0.4 is 5.32 Å². The van der Waals surface area contributed by atoms with Gasteiger partial charge < -0.3 is 10.2 Å². The summed E-state index contributed by atoms with van der Waals surface area (Å²) in [6.07, 6.45) is 4.77. The number of fused-ring (bicyclic) bond motifs is 1. The highest BCUT2D eigenvalue weighted by Crippen LogP contribution is 2.27. The first-order valence-corrected chi connectivity index (χ1v) is 7.31. The zero-order valence-electron chi connectivity index (χ0n) is 12.0. The van der Waals surface area contributed by atoms with Gasteiger partial charge in [-0.25, -0.2) is 0 Å². The van der Waals surface area contributed by atoms with Gasteiger partial charge in [-0.15, -0.1) is 0 Å². The summed E-state index contributed by atoms with van der Waals surface area (Å²) in [5, 5.41) is 3.39. The maximum atomic E-state index is 12.4. The third kappa shape index (κ3) is 2.83. The lowest BCUT2D eigenvalue weighted by molar-refractivity contribution is -0.133. The Hall–Kier alpha value is -1.46. The molecule has 0 saturated carbocycles. The molecule has 5 heteroatoms. The molecule has 0 bridgehead atoms. The van der Waals surface area contributed by atoms with Crippen LogP contribution in [0.3, 0.4) is 0 Å². The van der Waals surface area contributed by atoms with Crippen molar-refractivity contribution in [2.24, 2.45) is 5.92 Å². The number of rotatable bonds is 4. The highest BCUT2D eigenvalue weighted by molar-refractivity contribution is 5.79. The zero-order valence-corrected chi connectivity index (χ0v) is 12.0. The molecule has 3 rings (SSSR count). The third-order valence-corrected chi connectivity index (χ3v) is 4.35. The molecule has 20 heavy (non-hydrogen) atoms. The van der Waals surface area contributed by atoms with E-state index in [1.54, 1.807) is 6.20 Å². The predicted molar refractivity (Wildman–Crippen MR) is 77.0 cm³/mol. The molecule has 1 aromatic rings. The summed E-state index contributed by atoms with van der Waals surface area (Å²) in [5.74, 6) is 0.926. The van der Waals surface area contributed by atoms with Crippen molar-refractivity contribution in [2.75, 3.05) is 33.2 Å². The molecule has 0 unspecified atom stereocenters. The van der Waals surface area contributed by atoms with Gasteiger partial charge in [0, 0.05) is 44.6 Å². The van der Waals surface area contributed by atoms with Crippen molar-refractivity contribution < 1.29 is 4.79 Å². The highest BCUT2D eigenvalue weighted by Gasteiger charge is 2.39. The summed E-state index contributed by atoms with van der Waals surface area (Å²) in [6.45, 7) is 4.21. The number of likely N-dealkylation sites (N-methyl/N-ethyl adjacent to an activating group) is 1. The molecule has 0 radical (unpaired) electrons. The van der Waals surface area contributed by atoms with Gasteiger partial charge in [0.25, 0.3) is 0 Å². The number of nitrogens with one attached hydrogen (secondary N) is 1. The van der Waals surface area contributed by atoms with E-state index in [1.807, 2.05) is 25.4 Å². The molecule has 2 aliphatic rings. The van der Waals surface area contributed by atoms with E-state index >= 15 is 0 Å². The van der Waals surface area contributed by atoms with E-state index in [0.717, 1.165) is 38.2 Å². The van der Waals surface area contributed by atoms with Crippen LogP contribution >= 0.6 is 0 Å². The summed E-state index contributed by atoms with van der Waals surface area (Å²) < 4.78 is 0. The van der Waals surface area contributed by atoms with Gasteiger partial charge in [0.15, 0.2) is 0 Å². The summed E-state index contributed by atoms with van der Waals surface area (Å²) in [7, 11) is 1.99. The van der Waals surface area contributed by atoms with Crippen LogP contribution in [0.2, 0.25) is 0 Å². The molecule has 108 valence electrons. The Balaban J connectivity index is 1.53. The fourth-order valence-corrected chi connectivity index (χ4v) is 3.34. The quantitative estimate of drug-likeness (QED) is 0.860. The van der Waals surface area contributed by atoms with Gasteiger partial charge in [-0.1, -0.05) is 6.07 Å². The summed E-state index contributed by atoms with van der Waals surface area (Å²) in [6, 6.07) is 4.40. The van der Waals surface area contributed by atoms with Gasteiger partial charge in [-0.05, 0) is 31.0 Å². The number of amides is 1. The van der Waals surface area contributed by atoms with E-state index in [9.17, 15) is 4.79 Å². The summed E-state index contributed by atoms with van der Waals surface area (Å²) in [5.41, 5.74) is 1.14. The minimum absolute atomic E-state index is 0.257. The average Bonchev–Trinajstić information content (AvgIpc) is 3.01. The fraction of sp³-hybridized carbons (Fsp3) is 0.600. The molecular weight excluding hydrogens is 252 g/mol. The minimum atomic E-state index is 0.257. The van der Waals surface area contributed by atoms with Crippen molar-refractivity contribution in [1.82, 2.24) is 20.1 Å². The first-order chi connectivity index (χ1) is 9.74. The van der Waals surface area contributed by atoms with Crippen LogP contribution in [0.5, 0.6) is 0 Å². The Bertz CT molecular complexity index is 464. The number of hydrogen-bond acceptors (Lipinski definition) is 4. The Kier molecular flexibility index (Phi) is 3.98. The number of carbonyl (C=O) groups is 1. The van der Waals surface area contributed by atoms with E-state index in [1.165, 1.54) is 0 Å². The van der Waals surface area contributed by atoms with Gasteiger partial charge in [-0.2, -0.15) is 0 Å². The number of aromatic nitrogens is 1. The van der Waals surface area contributed by atoms with Gasteiger partial charge in [0.2, 0.25) is 5.91 Å². The average molecular weight is 274 g/mol. The van der Waals surface area contributed by atoms with Crippen LogP contribution in [0.15, 0.2) is 24.5 Å². The lowest BCUT2D eigenvalue weighted by Crippen LogP contribution is -2.43. The van der Waals surface area contributed by atoms with E-state index < -0.39 is 0 Å². The molecule has 3 heterocycles. The van der Waals surface area contributed by atoms with Crippen molar-refractivity contribution >= 4 is 5.91 Å². The number of hydrogen-bond donors (Lipinski definition) is 1. The minimum Gasteiger partial charge on any atom is -0.337 e. The van der Waals surface area contributed by atoms with Crippen LogP contribution in [0.1, 0.15) is 12.0 Å². The van der Waals surface area contributed by atoms with Crippen molar-refractivity contribution in [3.8, 4) is 0 Å². The van der Waals surface area contributed by atoms with Crippen LogP contribution in [0, 0.1) is 5.92 Å². The maximum absolute atomic E-state index is 12.4. The molecule has 2 fully saturated rings. The first kappa shape index (κ1) is 13.5. The largest absolute Gasteiger partial charge is 0.337 e. The molecule has 1 N–H and O–H groups in total. The standard InChI is InChI=1S/C15H22N4O/c1-18(10-12-3-2-5-16-7-12)11-15(20)19-6-4-13-8-17-9-14(13)19/h2-3,5,7,13-14,17H,4,6,8-11H2,1H3/t13-,14+/m1/s1. The van der Waals surface area contributed by atoms with Crippen molar-refractivity contribution in [1.29, 1.82) is 0 Å². The normalized spacial score (nSPS) is 25.2. The van der Waals surface area contributed by atoms with E-state index in [-0.39, 0.29) is 5.91 Å². The fourth-order valence-electron chi connectivity index (χ4n) is 3.34. The van der Waals surface area contributed by atoms with Crippen molar-refractivity contribution in [3.63, 3.8) is 0 Å². The lowest BCUT2D eigenvalue weighted by Gasteiger charge is -2.26. The number of carbonyl (C=O) groups excluding carboxylic acids is 1. The van der Waals surface area contributed by atoms with Crippen LogP contribution in [-0.4, -0.2) is 60.0 Å². The predicted octanol–water partition coefficient (Wildman–Crippen LogP) is 0.334. The van der Waals surface area contributed by atoms with Crippen molar-refractivity contribution in [2.45, 2.75) is 19.0 Å². The molecule has 1 amide bonds. The zero-order chi connectivity index (χ0) is 13.9. The Morgan fingerprint density at radius 1 is 1.55 bits per heavy atom. The first-order valence-electron chi connectivity index (χ1n) is 7.31. The SMILES string of the molecule is CN(CC(=O)N1CC[C@@H]2CNC[C@@H]21)Cc1cccnc1. The molecule has 0 spiro atoms. The Morgan fingerprint density at radius 2 is 2.45 bits per heavy atom. The summed E-state index contributed by atoms with van der Waals surface area (Å²) in [4.78, 5) is 20.7. The van der Waals surface area contributed by atoms with Gasteiger partial charge in [0.1, 0.15) is 0 Å². The third-order valence-electron chi connectivity index (χ3n) is 4.35. The molecule has 2 atom stereocenters. The van der Waals surface area contributed by atoms with E-state index in [0.29, 0.717) is 18.5 Å². The molecule has 5 nitrogen and oxygen atoms in total. The van der Waals surface area contributed by atoms with E-state index in [2.05, 4.69) is 20.1 Å². The number of pyridine rings is 1. The van der Waals surface area contributed by atoms with Crippen molar-refractivity contribution in [3.05, 3.63) is 30.1 Å². The van der Waals surface area contributed by atoms with Crippen LogP contribution in [0.25, 0.3) is 0 Å². The summed E-state index contributed by atoms with van der Waals surface area (Å²) >= 11 is 0. The monoisotopic (exact) mass is 274 g/mol. The smallest absolute Gasteiger partial charge is 0.237 e. The van der Waals surface area contributed by atoms with Gasteiger partial charge in [-0.3, -0.25) is 14.7 Å². The van der Waals surface area contributed by atoms with Gasteiger partial charge >= 0.3 is 0 Å². The lowest BCUT2D eigenvalue weighted by atomic mass is 10.1. The Morgan fingerprint density at radius 3 is 3.25 bits per heavy atom. The Labute approximate surface area is 120 Å². The second kappa shape index (κ2) is 5.89. The molecule has 0 aliphatic carbocycles. The second-order valence-corrected chi connectivity index (χ2v) is 5.90. The second-order valence-electron chi connectivity index (χ2n) is 5.90. The van der Waals surface area contributed by atoms with E-state index in [4.69, 9.17) is 0 Å². The molecule has 2 saturated heterocycles.